The summed E-state index contributed by atoms with van der Waals surface area (Å²) in [5.41, 5.74) is 3.48. The van der Waals surface area contributed by atoms with Crippen LogP contribution in [0.25, 0.3) is 0 Å². The van der Waals surface area contributed by atoms with Crippen LogP contribution in [0.4, 0.5) is 0 Å². The van der Waals surface area contributed by atoms with Gasteiger partial charge in [-0.1, -0.05) is 28.9 Å². The smallest absolute Gasteiger partial charge is 0.314 e. The number of esters is 1. The predicted octanol–water partition coefficient (Wildman–Crippen LogP) is 3.14. The van der Waals surface area contributed by atoms with E-state index in [-0.39, 0.29) is 11.9 Å². The van der Waals surface area contributed by atoms with E-state index in [1.54, 1.807) is 32.0 Å². The van der Waals surface area contributed by atoms with Gasteiger partial charge in [0.15, 0.2) is 0 Å². The number of hydrazone groups is 1. The van der Waals surface area contributed by atoms with Crippen molar-refractivity contribution in [2.45, 2.75) is 27.2 Å². The van der Waals surface area contributed by atoms with Gasteiger partial charge in [0, 0.05) is 15.7 Å². The molecule has 0 aliphatic heterocycles. The minimum Gasteiger partial charge on any atom is -0.465 e. The van der Waals surface area contributed by atoms with Crippen molar-refractivity contribution in [3.8, 4) is 0 Å². The molecule has 1 aromatic rings. The van der Waals surface area contributed by atoms with Gasteiger partial charge in [-0.2, -0.15) is 5.10 Å². The van der Waals surface area contributed by atoms with Crippen molar-refractivity contribution in [1.82, 2.24) is 5.43 Å². The molecule has 0 unspecified atom stereocenters. The van der Waals surface area contributed by atoms with Gasteiger partial charge in [-0.3, -0.25) is 9.59 Å². The molecule has 0 saturated heterocycles. The van der Waals surface area contributed by atoms with E-state index < -0.39 is 5.92 Å². The Hall–Kier alpha value is -1.69. The molecule has 1 N–H and O–H groups in total. The second kappa shape index (κ2) is 8.56. The topological polar surface area (TPSA) is 67.8 Å². The van der Waals surface area contributed by atoms with Gasteiger partial charge < -0.3 is 4.74 Å². The van der Waals surface area contributed by atoms with Crippen LogP contribution >= 0.6 is 15.9 Å². The van der Waals surface area contributed by atoms with Crippen LogP contribution in [0.15, 0.2) is 33.8 Å². The number of carbonyl (C=O) groups excluding carboxylic acids is 2. The molecule has 1 amide bonds. The van der Waals surface area contributed by atoms with Gasteiger partial charge in [-0.15, -0.1) is 0 Å². The number of rotatable bonds is 6. The second-order valence-electron chi connectivity index (χ2n) is 4.42. The summed E-state index contributed by atoms with van der Waals surface area (Å²) in [5.74, 6) is -1.08. The highest BCUT2D eigenvalue weighted by Crippen LogP contribution is 2.12. The Morgan fingerprint density at radius 1 is 1.38 bits per heavy atom. The number of amides is 1. The monoisotopic (exact) mass is 354 g/mol. The number of nitrogens with one attached hydrogen (secondary N) is 1. The SMILES string of the molecule is CCOC(=O)[C@@H](CC)C(C)=NNC(=O)c1cccc(Br)c1. The molecule has 0 bridgehead atoms. The third kappa shape index (κ3) is 5.30. The molecule has 5 nitrogen and oxygen atoms in total. The van der Waals surface area contributed by atoms with E-state index in [0.717, 1.165) is 4.47 Å². The van der Waals surface area contributed by atoms with Gasteiger partial charge in [0.05, 0.1) is 12.5 Å². The molecule has 0 fully saturated rings. The fraction of sp³-hybridized carbons (Fsp3) is 0.400. The predicted molar refractivity (Wildman–Crippen MR) is 85.1 cm³/mol. The molecule has 0 spiro atoms. The number of hydrogen-bond acceptors (Lipinski definition) is 4. The number of benzene rings is 1. The summed E-state index contributed by atoms with van der Waals surface area (Å²) in [7, 11) is 0. The van der Waals surface area contributed by atoms with Crippen molar-refractivity contribution in [1.29, 1.82) is 0 Å². The fourth-order valence-electron chi connectivity index (χ4n) is 1.79. The summed E-state index contributed by atoms with van der Waals surface area (Å²) in [6, 6.07) is 6.98. The molecule has 0 saturated carbocycles. The molecular formula is C15H19BrN2O3. The zero-order valence-corrected chi connectivity index (χ0v) is 13.9. The first-order valence-corrected chi connectivity index (χ1v) is 7.55. The van der Waals surface area contributed by atoms with E-state index in [2.05, 4.69) is 26.5 Å². The first-order valence-electron chi connectivity index (χ1n) is 6.76. The maximum atomic E-state index is 12.0. The van der Waals surface area contributed by atoms with Crippen LogP contribution in [0.5, 0.6) is 0 Å². The summed E-state index contributed by atoms with van der Waals surface area (Å²) in [5, 5.41) is 4.01. The normalized spacial score (nSPS) is 12.7. The molecule has 0 aliphatic rings. The largest absolute Gasteiger partial charge is 0.465 e. The molecule has 1 rings (SSSR count). The van der Waals surface area contributed by atoms with Crippen LogP contribution in [0.2, 0.25) is 0 Å². The molecule has 0 aromatic heterocycles. The minimum atomic E-state index is -0.437. The highest BCUT2D eigenvalue weighted by molar-refractivity contribution is 9.10. The van der Waals surface area contributed by atoms with Crippen LogP contribution in [0.3, 0.4) is 0 Å². The van der Waals surface area contributed by atoms with E-state index >= 15 is 0 Å². The first kappa shape index (κ1) is 17.4. The van der Waals surface area contributed by atoms with Crippen LogP contribution < -0.4 is 5.43 Å². The maximum absolute atomic E-state index is 12.0. The lowest BCUT2D eigenvalue weighted by molar-refractivity contribution is -0.145. The highest BCUT2D eigenvalue weighted by atomic mass is 79.9. The van der Waals surface area contributed by atoms with Crippen molar-refractivity contribution in [2.75, 3.05) is 6.61 Å². The zero-order valence-electron chi connectivity index (χ0n) is 12.4. The van der Waals surface area contributed by atoms with Crippen LogP contribution in [0, 0.1) is 5.92 Å². The van der Waals surface area contributed by atoms with Crippen molar-refractivity contribution in [2.24, 2.45) is 11.0 Å². The molecular weight excluding hydrogens is 336 g/mol. The summed E-state index contributed by atoms with van der Waals surface area (Å²) >= 11 is 3.30. The van der Waals surface area contributed by atoms with Crippen LogP contribution in [0.1, 0.15) is 37.6 Å². The molecule has 0 heterocycles. The Labute approximate surface area is 132 Å². The van der Waals surface area contributed by atoms with Gasteiger partial charge >= 0.3 is 5.97 Å². The molecule has 1 aromatic carbocycles. The lowest BCUT2D eigenvalue weighted by Gasteiger charge is -2.13. The third-order valence-electron chi connectivity index (χ3n) is 2.90. The van der Waals surface area contributed by atoms with E-state index in [1.807, 2.05) is 13.0 Å². The summed E-state index contributed by atoms with van der Waals surface area (Å²) in [6.07, 6.45) is 0.570. The second-order valence-corrected chi connectivity index (χ2v) is 5.33. The Balaban J connectivity index is 2.74. The van der Waals surface area contributed by atoms with Gasteiger partial charge in [-0.05, 0) is 38.5 Å². The van der Waals surface area contributed by atoms with Crippen molar-refractivity contribution in [3.63, 3.8) is 0 Å². The summed E-state index contributed by atoms with van der Waals surface area (Å²) in [6.45, 7) is 5.65. The quantitative estimate of drug-likeness (QED) is 0.484. The van der Waals surface area contributed by atoms with Crippen molar-refractivity contribution in [3.05, 3.63) is 34.3 Å². The van der Waals surface area contributed by atoms with Gasteiger partial charge in [0.25, 0.3) is 5.91 Å². The molecule has 0 aliphatic carbocycles. The van der Waals surface area contributed by atoms with E-state index in [1.165, 1.54) is 0 Å². The Morgan fingerprint density at radius 2 is 2.10 bits per heavy atom. The van der Waals surface area contributed by atoms with E-state index in [0.29, 0.717) is 24.3 Å². The summed E-state index contributed by atoms with van der Waals surface area (Å²) in [4.78, 5) is 23.7. The van der Waals surface area contributed by atoms with Gasteiger partial charge in [0.2, 0.25) is 0 Å². The number of halogens is 1. The Kier molecular flexibility index (Phi) is 7.08. The van der Waals surface area contributed by atoms with Gasteiger partial charge in [-0.25, -0.2) is 5.43 Å². The molecule has 1 atom stereocenters. The van der Waals surface area contributed by atoms with Crippen LogP contribution in [-0.4, -0.2) is 24.2 Å². The lowest BCUT2D eigenvalue weighted by Crippen LogP contribution is -2.27. The molecule has 6 heteroatoms. The average Bonchev–Trinajstić information content (AvgIpc) is 2.45. The Bertz CT molecular complexity index is 543. The highest BCUT2D eigenvalue weighted by Gasteiger charge is 2.21. The number of ether oxygens (including phenoxy) is 1. The van der Waals surface area contributed by atoms with E-state index in [9.17, 15) is 9.59 Å². The minimum absolute atomic E-state index is 0.321. The average molecular weight is 355 g/mol. The fourth-order valence-corrected chi connectivity index (χ4v) is 2.19. The van der Waals surface area contributed by atoms with Crippen molar-refractivity contribution >= 4 is 33.5 Å². The summed E-state index contributed by atoms with van der Waals surface area (Å²) < 4.78 is 5.80. The van der Waals surface area contributed by atoms with Crippen molar-refractivity contribution < 1.29 is 14.3 Å². The molecule has 21 heavy (non-hydrogen) atoms. The Morgan fingerprint density at radius 3 is 2.67 bits per heavy atom. The number of nitrogens with zero attached hydrogens (tertiary/aromatic N) is 1. The number of carbonyl (C=O) groups is 2. The maximum Gasteiger partial charge on any atom is 0.314 e. The van der Waals surface area contributed by atoms with Crippen LogP contribution in [-0.2, 0) is 9.53 Å². The molecule has 114 valence electrons. The zero-order chi connectivity index (χ0) is 15.8. The third-order valence-corrected chi connectivity index (χ3v) is 3.40. The lowest BCUT2D eigenvalue weighted by atomic mass is 10.0. The van der Waals surface area contributed by atoms with Gasteiger partial charge in [0.1, 0.15) is 0 Å². The first-order chi connectivity index (χ1) is 9.99. The number of hydrogen-bond donors (Lipinski definition) is 1. The standard InChI is InChI=1S/C15H19BrN2O3/c1-4-13(15(20)21-5-2)10(3)17-18-14(19)11-7-6-8-12(16)9-11/h6-9,13H,4-5H2,1-3H3,(H,18,19)/t13-/m0/s1. The van der Waals surface area contributed by atoms with E-state index in [4.69, 9.17) is 4.74 Å². The molecule has 0 radical (unpaired) electrons.